The largest absolute Gasteiger partial charge is 0.349 e. The third kappa shape index (κ3) is 3.61. The van der Waals surface area contributed by atoms with E-state index in [9.17, 15) is 4.79 Å². The fourth-order valence-electron chi connectivity index (χ4n) is 2.66. The van der Waals surface area contributed by atoms with Crippen LogP contribution in [0.15, 0.2) is 54.9 Å². The van der Waals surface area contributed by atoms with Crippen molar-refractivity contribution in [1.29, 1.82) is 0 Å². The highest BCUT2D eigenvalue weighted by Crippen LogP contribution is 2.15. The molecule has 0 saturated carbocycles. The van der Waals surface area contributed by atoms with E-state index in [1.807, 2.05) is 53.2 Å². The summed E-state index contributed by atoms with van der Waals surface area (Å²) in [4.78, 5) is 16.5. The van der Waals surface area contributed by atoms with Crippen molar-refractivity contribution in [2.45, 2.75) is 25.7 Å². The van der Waals surface area contributed by atoms with Crippen LogP contribution in [0.4, 0.5) is 0 Å². The van der Waals surface area contributed by atoms with Gasteiger partial charge in [-0.2, -0.15) is 0 Å². The predicted octanol–water partition coefficient (Wildman–Crippen LogP) is 1.14. The Hall–Kier alpha value is -2.70. The summed E-state index contributed by atoms with van der Waals surface area (Å²) in [5, 5.41) is 3.96. The van der Waals surface area contributed by atoms with Crippen molar-refractivity contribution in [2.75, 3.05) is 0 Å². The zero-order valence-corrected chi connectivity index (χ0v) is 13.4. The van der Waals surface area contributed by atoms with Gasteiger partial charge in [0, 0.05) is 31.0 Å². The van der Waals surface area contributed by atoms with Gasteiger partial charge >= 0.3 is 0 Å². The molecule has 0 radical (unpaired) electrons. The molecule has 124 valence electrons. The molecule has 6 heteroatoms. The van der Waals surface area contributed by atoms with Gasteiger partial charge in [-0.15, -0.1) is 0 Å². The molecule has 0 fully saturated rings. The third-order valence-electron chi connectivity index (χ3n) is 3.97. The van der Waals surface area contributed by atoms with Gasteiger partial charge in [0.2, 0.25) is 5.91 Å². The van der Waals surface area contributed by atoms with E-state index in [0.29, 0.717) is 19.6 Å². The Balaban J connectivity index is 1.60. The number of fused-ring (bicyclic) bond motifs is 1. The number of hydrogen-bond acceptors (Lipinski definition) is 4. The average molecular weight is 323 g/mol. The van der Waals surface area contributed by atoms with Crippen LogP contribution < -0.4 is 16.8 Å². The van der Waals surface area contributed by atoms with Crippen molar-refractivity contribution in [2.24, 2.45) is 11.5 Å². The third-order valence-corrected chi connectivity index (χ3v) is 3.97. The minimum Gasteiger partial charge on any atom is -0.349 e. The molecule has 0 aliphatic heterocycles. The molecular weight excluding hydrogens is 302 g/mol. The zero-order valence-electron chi connectivity index (χ0n) is 13.4. The first-order valence-electron chi connectivity index (χ1n) is 7.88. The maximum Gasteiger partial charge on any atom is 0.239 e. The quantitative estimate of drug-likeness (QED) is 0.633. The Morgan fingerprint density at radius 2 is 2.08 bits per heavy atom. The van der Waals surface area contributed by atoms with Crippen molar-refractivity contribution in [3.8, 4) is 0 Å². The number of hydrogen-bond donors (Lipinski definition) is 3. The van der Waals surface area contributed by atoms with Gasteiger partial charge in [-0.1, -0.05) is 18.2 Å². The first-order chi connectivity index (χ1) is 11.7. The van der Waals surface area contributed by atoms with Crippen LogP contribution >= 0.6 is 0 Å². The normalized spacial score (nSPS) is 12.2. The smallest absolute Gasteiger partial charge is 0.239 e. The number of carbonyl (C=O) groups excluding carboxylic acids is 1. The molecule has 0 bridgehead atoms. The summed E-state index contributed by atoms with van der Waals surface area (Å²) in [6.07, 6.45) is 3.64. The zero-order chi connectivity index (χ0) is 16.9. The SMILES string of the molecule is NCc1ccnc(CNC(=O)C(N)Cn2ccc3ccccc32)c1. The van der Waals surface area contributed by atoms with Gasteiger partial charge in [0.15, 0.2) is 0 Å². The molecule has 3 aromatic rings. The fourth-order valence-corrected chi connectivity index (χ4v) is 2.66. The molecule has 1 unspecified atom stereocenters. The van der Waals surface area contributed by atoms with Crippen molar-refractivity contribution < 1.29 is 4.79 Å². The van der Waals surface area contributed by atoms with Gasteiger partial charge in [-0.3, -0.25) is 9.78 Å². The molecule has 6 nitrogen and oxygen atoms in total. The first-order valence-corrected chi connectivity index (χ1v) is 7.88. The summed E-state index contributed by atoms with van der Waals surface area (Å²) in [6.45, 7) is 1.21. The molecule has 1 amide bonds. The molecule has 0 spiro atoms. The summed E-state index contributed by atoms with van der Waals surface area (Å²) in [7, 11) is 0. The Morgan fingerprint density at radius 1 is 1.25 bits per heavy atom. The van der Waals surface area contributed by atoms with E-state index in [0.717, 1.165) is 22.2 Å². The molecule has 0 saturated heterocycles. The van der Waals surface area contributed by atoms with Crippen LogP contribution in [0.25, 0.3) is 10.9 Å². The summed E-state index contributed by atoms with van der Waals surface area (Å²) >= 11 is 0. The minimum atomic E-state index is -0.626. The van der Waals surface area contributed by atoms with Gasteiger partial charge in [-0.05, 0) is 35.2 Å². The van der Waals surface area contributed by atoms with Crippen LogP contribution in [-0.4, -0.2) is 21.5 Å². The Kier molecular flexibility index (Phi) is 4.88. The van der Waals surface area contributed by atoms with E-state index in [1.54, 1.807) is 6.20 Å². The topological polar surface area (TPSA) is 99.0 Å². The highest BCUT2D eigenvalue weighted by atomic mass is 16.2. The lowest BCUT2D eigenvalue weighted by Gasteiger charge is -2.14. The summed E-state index contributed by atoms with van der Waals surface area (Å²) < 4.78 is 1.99. The molecule has 2 heterocycles. The molecule has 1 aromatic carbocycles. The van der Waals surface area contributed by atoms with Crippen LogP contribution in [0, 0.1) is 0 Å². The summed E-state index contributed by atoms with van der Waals surface area (Å²) in [5.74, 6) is -0.201. The second kappa shape index (κ2) is 7.25. The lowest BCUT2D eigenvalue weighted by Crippen LogP contribution is -2.43. The molecular formula is C18H21N5O. The van der Waals surface area contributed by atoms with Crippen molar-refractivity contribution >= 4 is 16.8 Å². The van der Waals surface area contributed by atoms with E-state index in [2.05, 4.69) is 10.3 Å². The van der Waals surface area contributed by atoms with Crippen LogP contribution in [0.2, 0.25) is 0 Å². The first kappa shape index (κ1) is 16.2. The number of carbonyl (C=O) groups is 1. The van der Waals surface area contributed by atoms with Crippen molar-refractivity contribution in [3.05, 3.63) is 66.1 Å². The number of nitrogens with one attached hydrogen (secondary N) is 1. The molecule has 1 atom stereocenters. The van der Waals surface area contributed by atoms with Gasteiger partial charge in [-0.25, -0.2) is 0 Å². The van der Waals surface area contributed by atoms with Gasteiger partial charge in [0.1, 0.15) is 6.04 Å². The molecule has 2 aromatic heterocycles. The minimum absolute atomic E-state index is 0.201. The number of para-hydroxylation sites is 1. The fraction of sp³-hybridized carbons (Fsp3) is 0.222. The number of nitrogens with two attached hydrogens (primary N) is 2. The monoisotopic (exact) mass is 323 g/mol. The van der Waals surface area contributed by atoms with Crippen LogP contribution in [0.5, 0.6) is 0 Å². The highest BCUT2D eigenvalue weighted by Gasteiger charge is 2.15. The van der Waals surface area contributed by atoms with E-state index in [-0.39, 0.29) is 5.91 Å². The molecule has 5 N–H and O–H groups in total. The Labute approximate surface area is 140 Å². The lowest BCUT2D eigenvalue weighted by atomic mass is 10.2. The number of nitrogens with zero attached hydrogens (tertiary/aromatic N) is 2. The number of pyridine rings is 1. The standard InChI is InChI=1S/C18H21N5O/c19-10-13-5-7-21-15(9-13)11-22-18(24)16(20)12-23-8-6-14-3-1-2-4-17(14)23/h1-9,16H,10-12,19-20H2,(H,22,24). The van der Waals surface area contributed by atoms with E-state index in [4.69, 9.17) is 11.5 Å². The predicted molar refractivity (Wildman–Crippen MR) is 93.9 cm³/mol. The van der Waals surface area contributed by atoms with Crippen LogP contribution in [0.3, 0.4) is 0 Å². The number of amides is 1. The van der Waals surface area contributed by atoms with Gasteiger partial charge < -0.3 is 21.4 Å². The molecule has 0 aliphatic carbocycles. The van der Waals surface area contributed by atoms with Crippen molar-refractivity contribution in [3.63, 3.8) is 0 Å². The highest BCUT2D eigenvalue weighted by molar-refractivity contribution is 5.83. The second-order valence-corrected chi connectivity index (χ2v) is 5.71. The number of rotatable bonds is 6. The van der Waals surface area contributed by atoms with Crippen molar-refractivity contribution in [1.82, 2.24) is 14.9 Å². The van der Waals surface area contributed by atoms with E-state index in [1.165, 1.54) is 0 Å². The second-order valence-electron chi connectivity index (χ2n) is 5.71. The van der Waals surface area contributed by atoms with Gasteiger partial charge in [0.25, 0.3) is 0 Å². The number of benzene rings is 1. The maximum atomic E-state index is 12.2. The number of aromatic nitrogens is 2. The molecule has 3 rings (SSSR count). The molecule has 24 heavy (non-hydrogen) atoms. The van der Waals surface area contributed by atoms with E-state index >= 15 is 0 Å². The lowest BCUT2D eigenvalue weighted by molar-refractivity contribution is -0.122. The molecule has 0 aliphatic rings. The Bertz CT molecular complexity index is 842. The Morgan fingerprint density at radius 3 is 2.92 bits per heavy atom. The van der Waals surface area contributed by atoms with Crippen LogP contribution in [-0.2, 0) is 24.4 Å². The maximum absolute atomic E-state index is 12.2. The van der Waals surface area contributed by atoms with Gasteiger partial charge in [0.05, 0.1) is 12.2 Å². The summed E-state index contributed by atoms with van der Waals surface area (Å²) in [6, 6.07) is 13.1. The van der Waals surface area contributed by atoms with Crippen LogP contribution in [0.1, 0.15) is 11.3 Å². The summed E-state index contributed by atoms with van der Waals surface area (Å²) in [5.41, 5.74) is 14.5. The average Bonchev–Trinajstić information content (AvgIpc) is 3.03. The van der Waals surface area contributed by atoms with E-state index < -0.39 is 6.04 Å².